The molecule has 1 aliphatic heterocycles. The highest BCUT2D eigenvalue weighted by Crippen LogP contribution is 2.40. The number of nitrogens with one attached hydrogen (secondary N) is 1. The molecule has 0 radical (unpaired) electrons. The fourth-order valence-electron chi connectivity index (χ4n) is 3.48. The Morgan fingerprint density at radius 3 is 2.39 bits per heavy atom. The maximum absolute atomic E-state index is 13.6. The van der Waals surface area contributed by atoms with E-state index in [9.17, 15) is 34.8 Å². The minimum Gasteiger partial charge on any atom is -0.486 e. The third kappa shape index (κ3) is 7.74. The number of fused-ring (bicyclic) bond motifs is 1. The molecule has 0 aromatic heterocycles. The molecule has 0 saturated carbocycles. The third-order valence-corrected chi connectivity index (χ3v) is 7.39. The molecule has 1 heterocycles. The molecule has 210 valence electrons. The van der Waals surface area contributed by atoms with E-state index in [1.54, 1.807) is 20.8 Å². The first kappa shape index (κ1) is 29.5. The second kappa shape index (κ2) is 10.6. The maximum atomic E-state index is 13.6. The molecule has 1 unspecified atom stereocenters. The van der Waals surface area contributed by atoms with Crippen LogP contribution in [-0.2, 0) is 35.2 Å². The van der Waals surface area contributed by atoms with Gasteiger partial charge in [0.05, 0.1) is 35.6 Å². The summed E-state index contributed by atoms with van der Waals surface area (Å²) in [6.07, 6.45) is -5.66. The lowest BCUT2D eigenvalue weighted by molar-refractivity contribution is -0.137. The number of alkyl halides is 3. The van der Waals surface area contributed by atoms with E-state index in [2.05, 4.69) is 5.32 Å². The van der Waals surface area contributed by atoms with E-state index < -0.39 is 54.6 Å². The van der Waals surface area contributed by atoms with Gasteiger partial charge >= 0.3 is 12.3 Å². The average Bonchev–Trinajstić information content (AvgIpc) is 2.76. The maximum Gasteiger partial charge on any atom is 0.416 e. The molecule has 2 aromatic carbocycles. The first-order valence-electron chi connectivity index (χ1n) is 11.2. The zero-order valence-corrected chi connectivity index (χ0v) is 22.5. The number of sulfonamides is 1. The highest BCUT2D eigenvalue weighted by atomic mass is 32.2. The Morgan fingerprint density at radius 2 is 1.79 bits per heavy atom. The molecule has 0 fully saturated rings. The lowest BCUT2D eigenvalue weighted by Crippen LogP contribution is -2.44. The summed E-state index contributed by atoms with van der Waals surface area (Å²) in [6, 6.07) is 7.37. The molecule has 0 bridgehead atoms. The highest BCUT2D eigenvalue weighted by Gasteiger charge is 2.37. The number of hydrogen-bond acceptors (Lipinski definition) is 8. The SMILES string of the molecule is CC(C)(C)OC(=O)Nc1ccc2c(c1)N(S(=O)(=O)c1cccc(C(F)(F)F)c1)CC(CCOS(C)(=O)=O)O2. The van der Waals surface area contributed by atoms with Gasteiger partial charge in [-0.15, -0.1) is 0 Å². The molecule has 10 nitrogen and oxygen atoms in total. The third-order valence-electron chi connectivity index (χ3n) is 5.02. The van der Waals surface area contributed by atoms with Crippen molar-refractivity contribution in [3.05, 3.63) is 48.0 Å². The molecule has 0 spiro atoms. The van der Waals surface area contributed by atoms with E-state index >= 15 is 0 Å². The Bertz CT molecular complexity index is 1400. The Labute approximate surface area is 218 Å². The minimum atomic E-state index is -4.77. The van der Waals surface area contributed by atoms with Crippen molar-refractivity contribution in [2.45, 2.75) is 50.0 Å². The molecule has 1 amide bonds. The van der Waals surface area contributed by atoms with Gasteiger partial charge in [0.25, 0.3) is 20.1 Å². The molecule has 2 aromatic rings. The van der Waals surface area contributed by atoms with Crippen LogP contribution in [-0.4, -0.2) is 54.0 Å². The number of carbonyl (C=O) groups is 1. The van der Waals surface area contributed by atoms with Crippen molar-refractivity contribution in [3.63, 3.8) is 0 Å². The molecule has 38 heavy (non-hydrogen) atoms. The molecule has 1 atom stereocenters. The lowest BCUT2D eigenvalue weighted by Gasteiger charge is -2.36. The monoisotopic (exact) mass is 580 g/mol. The normalized spacial score (nSPS) is 16.4. The molecule has 0 saturated heterocycles. The van der Waals surface area contributed by atoms with Crippen LogP contribution < -0.4 is 14.4 Å². The summed E-state index contributed by atoms with van der Waals surface area (Å²) < 4.78 is 106. The topological polar surface area (TPSA) is 128 Å². The van der Waals surface area contributed by atoms with Crippen molar-refractivity contribution in [1.29, 1.82) is 0 Å². The van der Waals surface area contributed by atoms with E-state index in [1.165, 1.54) is 18.2 Å². The smallest absolute Gasteiger partial charge is 0.416 e. The second-order valence-electron chi connectivity index (χ2n) is 9.43. The van der Waals surface area contributed by atoms with Crippen molar-refractivity contribution < 1.29 is 48.5 Å². The van der Waals surface area contributed by atoms with Crippen molar-refractivity contribution in [2.75, 3.05) is 29.0 Å². The van der Waals surface area contributed by atoms with Gasteiger partial charge in [-0.2, -0.15) is 21.6 Å². The van der Waals surface area contributed by atoms with Gasteiger partial charge in [-0.05, 0) is 57.2 Å². The first-order chi connectivity index (χ1) is 17.3. The van der Waals surface area contributed by atoms with Gasteiger partial charge in [0.1, 0.15) is 17.5 Å². The summed E-state index contributed by atoms with van der Waals surface area (Å²) in [6.45, 7) is 4.29. The molecule has 15 heteroatoms. The number of ether oxygens (including phenoxy) is 2. The Hall–Kier alpha value is -3.04. The van der Waals surface area contributed by atoms with Gasteiger partial charge in [0, 0.05) is 12.1 Å². The zero-order valence-electron chi connectivity index (χ0n) is 20.9. The highest BCUT2D eigenvalue weighted by molar-refractivity contribution is 7.92. The van der Waals surface area contributed by atoms with E-state index in [4.69, 9.17) is 13.7 Å². The minimum absolute atomic E-state index is 0.0426. The van der Waals surface area contributed by atoms with E-state index in [0.717, 1.165) is 28.8 Å². The van der Waals surface area contributed by atoms with Crippen molar-refractivity contribution >= 4 is 37.6 Å². The van der Waals surface area contributed by atoms with Crippen LogP contribution in [0.15, 0.2) is 47.4 Å². The number of rotatable bonds is 7. The van der Waals surface area contributed by atoms with Gasteiger partial charge in [0.2, 0.25) is 0 Å². The number of halogens is 3. The van der Waals surface area contributed by atoms with Gasteiger partial charge < -0.3 is 9.47 Å². The molecular formula is C23H27F3N2O8S2. The quantitative estimate of drug-likeness (QED) is 0.478. The van der Waals surface area contributed by atoms with Gasteiger partial charge in [-0.1, -0.05) is 6.07 Å². The van der Waals surface area contributed by atoms with Crippen LogP contribution in [0.25, 0.3) is 0 Å². The number of nitrogens with zero attached hydrogens (tertiary/aromatic N) is 1. The largest absolute Gasteiger partial charge is 0.486 e. The van der Waals surface area contributed by atoms with Gasteiger partial charge in [-0.3, -0.25) is 13.8 Å². The van der Waals surface area contributed by atoms with Crippen LogP contribution in [0.5, 0.6) is 5.75 Å². The lowest BCUT2D eigenvalue weighted by atomic mass is 10.1. The van der Waals surface area contributed by atoms with Crippen LogP contribution in [0.4, 0.5) is 29.3 Å². The van der Waals surface area contributed by atoms with Crippen LogP contribution in [0.1, 0.15) is 32.8 Å². The molecule has 1 N–H and O–H groups in total. The fourth-order valence-corrected chi connectivity index (χ4v) is 5.42. The van der Waals surface area contributed by atoms with Gasteiger partial charge in [0.15, 0.2) is 0 Å². The van der Waals surface area contributed by atoms with Crippen molar-refractivity contribution in [1.82, 2.24) is 0 Å². The molecule has 1 aliphatic rings. The van der Waals surface area contributed by atoms with Crippen molar-refractivity contribution in [3.8, 4) is 5.75 Å². The summed E-state index contributed by atoms with van der Waals surface area (Å²) in [4.78, 5) is 11.6. The van der Waals surface area contributed by atoms with Crippen LogP contribution >= 0.6 is 0 Å². The number of anilines is 2. The van der Waals surface area contributed by atoms with Crippen LogP contribution in [0.3, 0.4) is 0 Å². The first-order valence-corrected chi connectivity index (χ1v) is 14.5. The standard InChI is InChI=1S/C23H27F3N2O8S2/c1-22(2,3)36-21(29)27-16-8-9-20-19(13-16)28(14-17(35-20)10-11-34-37(4,30)31)38(32,33)18-7-5-6-15(12-18)23(24,25)26/h5-9,12-13,17H,10-11,14H2,1-4H3,(H,27,29). The molecular weight excluding hydrogens is 553 g/mol. The number of benzene rings is 2. The van der Waals surface area contributed by atoms with Crippen molar-refractivity contribution in [2.24, 2.45) is 0 Å². The number of amides is 1. The molecule has 0 aliphatic carbocycles. The zero-order chi connectivity index (χ0) is 28.5. The predicted octanol–water partition coefficient (Wildman–Crippen LogP) is 4.38. The predicted molar refractivity (Wildman–Crippen MR) is 132 cm³/mol. The van der Waals surface area contributed by atoms with E-state index in [-0.39, 0.29) is 36.7 Å². The summed E-state index contributed by atoms with van der Waals surface area (Å²) >= 11 is 0. The summed E-state index contributed by atoms with van der Waals surface area (Å²) in [7, 11) is -8.33. The summed E-state index contributed by atoms with van der Waals surface area (Å²) in [5.41, 5.74) is -1.85. The summed E-state index contributed by atoms with van der Waals surface area (Å²) in [5.74, 6) is 0.0471. The number of carbonyl (C=O) groups excluding carboxylic acids is 1. The Morgan fingerprint density at radius 1 is 1.11 bits per heavy atom. The second-order valence-corrected chi connectivity index (χ2v) is 12.9. The Kier molecular flexibility index (Phi) is 8.24. The summed E-state index contributed by atoms with van der Waals surface area (Å²) in [5, 5.41) is 2.48. The van der Waals surface area contributed by atoms with E-state index in [0.29, 0.717) is 6.07 Å². The van der Waals surface area contributed by atoms with Crippen LogP contribution in [0.2, 0.25) is 0 Å². The molecule has 3 rings (SSSR count). The van der Waals surface area contributed by atoms with E-state index in [1.807, 2.05) is 0 Å². The van der Waals surface area contributed by atoms with Gasteiger partial charge in [-0.25, -0.2) is 13.2 Å². The van der Waals surface area contributed by atoms with Crippen LogP contribution in [0, 0.1) is 0 Å². The Balaban J connectivity index is 2.00. The number of hydrogen-bond donors (Lipinski definition) is 1. The average molecular weight is 581 g/mol. The fraction of sp³-hybridized carbons (Fsp3) is 0.435.